The Labute approximate surface area is 122 Å². The molecule has 1 aliphatic heterocycles. The first-order valence-corrected chi connectivity index (χ1v) is 7.62. The summed E-state index contributed by atoms with van der Waals surface area (Å²) in [7, 11) is 0. The maximum Gasteiger partial charge on any atom is 0.231 e. The van der Waals surface area contributed by atoms with Crippen molar-refractivity contribution in [1.82, 2.24) is 5.32 Å². The van der Waals surface area contributed by atoms with E-state index in [1.54, 1.807) is 0 Å². The summed E-state index contributed by atoms with van der Waals surface area (Å²) >= 11 is 0. The van der Waals surface area contributed by atoms with Crippen LogP contribution in [0.5, 0.6) is 11.5 Å². The lowest BCUT2D eigenvalue weighted by Gasteiger charge is -2.27. The highest BCUT2D eigenvalue weighted by Gasteiger charge is 2.19. The standard InChI is InChI=1S/C17H27NO2/c1-11(2)15(12(3)4)9-18-13(5)14-6-7-16-17(8-14)20-10-19-16/h6-8,11-13,15,18H,9-10H2,1-5H3. The van der Waals surface area contributed by atoms with Crippen molar-refractivity contribution in [3.63, 3.8) is 0 Å². The monoisotopic (exact) mass is 277 g/mol. The smallest absolute Gasteiger partial charge is 0.231 e. The van der Waals surface area contributed by atoms with Crippen LogP contribution in [0.3, 0.4) is 0 Å². The largest absolute Gasteiger partial charge is 0.454 e. The van der Waals surface area contributed by atoms with Crippen molar-refractivity contribution in [1.29, 1.82) is 0 Å². The molecule has 0 amide bonds. The summed E-state index contributed by atoms with van der Waals surface area (Å²) in [5.41, 5.74) is 1.25. The van der Waals surface area contributed by atoms with Gasteiger partial charge in [-0.3, -0.25) is 0 Å². The van der Waals surface area contributed by atoms with Crippen LogP contribution in [0, 0.1) is 17.8 Å². The van der Waals surface area contributed by atoms with Gasteiger partial charge in [-0.1, -0.05) is 33.8 Å². The van der Waals surface area contributed by atoms with Gasteiger partial charge in [0.15, 0.2) is 11.5 Å². The molecule has 20 heavy (non-hydrogen) atoms. The molecule has 0 saturated heterocycles. The Kier molecular flexibility index (Phi) is 4.92. The van der Waals surface area contributed by atoms with Gasteiger partial charge in [-0.05, 0) is 48.9 Å². The molecule has 1 aliphatic rings. The van der Waals surface area contributed by atoms with E-state index in [9.17, 15) is 0 Å². The lowest BCUT2D eigenvalue weighted by molar-refractivity contribution is 0.174. The molecule has 1 N–H and O–H groups in total. The van der Waals surface area contributed by atoms with Crippen LogP contribution in [-0.4, -0.2) is 13.3 Å². The van der Waals surface area contributed by atoms with E-state index in [0.717, 1.165) is 18.0 Å². The number of ether oxygens (including phenoxy) is 2. The maximum absolute atomic E-state index is 5.44. The minimum atomic E-state index is 0.324. The van der Waals surface area contributed by atoms with Crippen molar-refractivity contribution in [2.24, 2.45) is 17.8 Å². The quantitative estimate of drug-likeness (QED) is 0.852. The predicted octanol–water partition coefficient (Wildman–Crippen LogP) is 3.99. The molecule has 0 spiro atoms. The van der Waals surface area contributed by atoms with E-state index in [1.165, 1.54) is 5.56 Å². The summed E-state index contributed by atoms with van der Waals surface area (Å²) in [6, 6.07) is 6.52. The van der Waals surface area contributed by atoms with Crippen LogP contribution in [0.1, 0.15) is 46.2 Å². The van der Waals surface area contributed by atoms with Crippen LogP contribution in [0.25, 0.3) is 0 Å². The SMILES string of the molecule is CC(NCC(C(C)C)C(C)C)c1ccc2c(c1)OCO2. The van der Waals surface area contributed by atoms with Crippen LogP contribution in [0.2, 0.25) is 0 Å². The van der Waals surface area contributed by atoms with Gasteiger partial charge in [0, 0.05) is 6.04 Å². The van der Waals surface area contributed by atoms with Crippen molar-refractivity contribution in [3.8, 4) is 11.5 Å². The number of benzene rings is 1. The van der Waals surface area contributed by atoms with E-state index in [-0.39, 0.29) is 0 Å². The molecular formula is C17H27NO2. The fourth-order valence-electron chi connectivity index (χ4n) is 2.85. The zero-order valence-electron chi connectivity index (χ0n) is 13.3. The second-order valence-electron chi connectivity index (χ2n) is 6.39. The molecule has 3 nitrogen and oxygen atoms in total. The average Bonchev–Trinajstić information content (AvgIpc) is 2.84. The molecule has 1 heterocycles. The molecule has 112 valence electrons. The van der Waals surface area contributed by atoms with Crippen LogP contribution < -0.4 is 14.8 Å². The van der Waals surface area contributed by atoms with Gasteiger partial charge in [-0.25, -0.2) is 0 Å². The Morgan fingerprint density at radius 2 is 1.65 bits per heavy atom. The van der Waals surface area contributed by atoms with Gasteiger partial charge in [0.2, 0.25) is 6.79 Å². The van der Waals surface area contributed by atoms with Gasteiger partial charge >= 0.3 is 0 Å². The molecule has 3 heteroatoms. The summed E-state index contributed by atoms with van der Waals surface area (Å²) in [4.78, 5) is 0. The molecule has 1 aromatic carbocycles. The lowest BCUT2D eigenvalue weighted by atomic mass is 9.85. The number of hydrogen-bond acceptors (Lipinski definition) is 3. The molecule has 0 fully saturated rings. The van der Waals surface area contributed by atoms with Gasteiger partial charge in [-0.2, -0.15) is 0 Å². The summed E-state index contributed by atoms with van der Waals surface area (Å²) in [5.74, 6) is 3.81. The second kappa shape index (κ2) is 6.49. The van der Waals surface area contributed by atoms with Crippen LogP contribution in [0.4, 0.5) is 0 Å². The second-order valence-corrected chi connectivity index (χ2v) is 6.39. The number of nitrogens with one attached hydrogen (secondary N) is 1. The summed E-state index contributed by atoms with van der Waals surface area (Å²) in [6.07, 6.45) is 0. The molecule has 1 unspecified atom stereocenters. The summed E-state index contributed by atoms with van der Waals surface area (Å²) in [6.45, 7) is 12.8. The van der Waals surface area contributed by atoms with Crippen molar-refractivity contribution >= 4 is 0 Å². The van der Waals surface area contributed by atoms with Crippen LogP contribution in [0.15, 0.2) is 18.2 Å². The van der Waals surface area contributed by atoms with Crippen molar-refractivity contribution in [2.45, 2.75) is 40.7 Å². The van der Waals surface area contributed by atoms with E-state index in [2.05, 4.69) is 52.1 Å². The predicted molar refractivity (Wildman–Crippen MR) is 82.1 cm³/mol. The highest BCUT2D eigenvalue weighted by Crippen LogP contribution is 2.34. The molecule has 0 aliphatic carbocycles. The molecule has 0 bridgehead atoms. The van der Waals surface area contributed by atoms with Crippen molar-refractivity contribution in [2.75, 3.05) is 13.3 Å². The zero-order chi connectivity index (χ0) is 14.7. The summed E-state index contributed by atoms with van der Waals surface area (Å²) in [5, 5.41) is 3.66. The normalized spacial score (nSPS) is 15.4. The average molecular weight is 277 g/mol. The first-order valence-electron chi connectivity index (χ1n) is 7.62. The minimum absolute atomic E-state index is 0.324. The molecular weight excluding hydrogens is 250 g/mol. The first kappa shape index (κ1) is 15.2. The van der Waals surface area contributed by atoms with E-state index >= 15 is 0 Å². The summed E-state index contributed by atoms with van der Waals surface area (Å²) < 4.78 is 10.8. The topological polar surface area (TPSA) is 30.5 Å². The third-order valence-electron chi connectivity index (χ3n) is 4.27. The highest BCUT2D eigenvalue weighted by molar-refractivity contribution is 5.45. The third kappa shape index (κ3) is 3.45. The molecule has 1 aromatic rings. The molecule has 0 radical (unpaired) electrons. The lowest BCUT2D eigenvalue weighted by Crippen LogP contribution is -2.31. The van der Waals surface area contributed by atoms with Gasteiger partial charge in [0.25, 0.3) is 0 Å². The molecule has 0 saturated carbocycles. The molecule has 1 atom stereocenters. The van der Waals surface area contributed by atoms with Gasteiger partial charge in [-0.15, -0.1) is 0 Å². The van der Waals surface area contributed by atoms with Crippen molar-refractivity contribution in [3.05, 3.63) is 23.8 Å². The number of rotatable bonds is 6. The first-order chi connectivity index (χ1) is 9.49. The van der Waals surface area contributed by atoms with E-state index in [4.69, 9.17) is 9.47 Å². The Bertz CT molecular complexity index is 435. The van der Waals surface area contributed by atoms with E-state index in [1.807, 2.05) is 6.07 Å². The fraction of sp³-hybridized carbons (Fsp3) is 0.647. The molecule has 2 rings (SSSR count). The fourth-order valence-corrected chi connectivity index (χ4v) is 2.85. The van der Waals surface area contributed by atoms with E-state index < -0.39 is 0 Å². The van der Waals surface area contributed by atoms with E-state index in [0.29, 0.717) is 30.6 Å². The number of fused-ring (bicyclic) bond motifs is 1. The highest BCUT2D eigenvalue weighted by atomic mass is 16.7. The van der Waals surface area contributed by atoms with Gasteiger partial charge < -0.3 is 14.8 Å². The maximum atomic E-state index is 5.44. The Hall–Kier alpha value is -1.22. The Morgan fingerprint density at radius 1 is 1.00 bits per heavy atom. The molecule has 0 aromatic heterocycles. The van der Waals surface area contributed by atoms with Crippen LogP contribution in [-0.2, 0) is 0 Å². The van der Waals surface area contributed by atoms with Crippen molar-refractivity contribution < 1.29 is 9.47 Å². The zero-order valence-corrected chi connectivity index (χ0v) is 13.3. The Morgan fingerprint density at radius 3 is 2.30 bits per heavy atom. The third-order valence-corrected chi connectivity index (χ3v) is 4.27. The number of hydrogen-bond donors (Lipinski definition) is 1. The van der Waals surface area contributed by atoms with Crippen LogP contribution >= 0.6 is 0 Å². The minimum Gasteiger partial charge on any atom is -0.454 e. The van der Waals surface area contributed by atoms with Gasteiger partial charge in [0.05, 0.1) is 0 Å². The Balaban J connectivity index is 1.96. The van der Waals surface area contributed by atoms with Gasteiger partial charge in [0.1, 0.15) is 0 Å².